The van der Waals surface area contributed by atoms with Gasteiger partial charge in [-0.05, 0) is 31.5 Å². The van der Waals surface area contributed by atoms with Gasteiger partial charge in [-0.3, -0.25) is 4.79 Å². The number of benzene rings is 1. The number of carbonyl (C=O) groups is 1. The number of nitrogens with one attached hydrogen (secondary N) is 2. The summed E-state index contributed by atoms with van der Waals surface area (Å²) >= 11 is 0. The lowest BCUT2D eigenvalue weighted by molar-refractivity contribution is -0.117. The lowest BCUT2D eigenvalue weighted by Crippen LogP contribution is -2.35. The normalized spacial score (nSPS) is 18.1. The summed E-state index contributed by atoms with van der Waals surface area (Å²) in [6, 6.07) is 3.97. The third-order valence-corrected chi connectivity index (χ3v) is 3.04. The Morgan fingerprint density at radius 2 is 2.30 bits per heavy atom. The summed E-state index contributed by atoms with van der Waals surface area (Å²) < 4.78 is 34.1. The zero-order valence-corrected chi connectivity index (χ0v) is 11.0. The predicted molar refractivity (Wildman–Crippen MR) is 69.3 cm³/mol. The van der Waals surface area contributed by atoms with E-state index < -0.39 is 6.61 Å². The molecule has 0 spiro atoms. The minimum atomic E-state index is -2.95. The third-order valence-electron chi connectivity index (χ3n) is 3.04. The molecule has 0 unspecified atom stereocenters. The number of rotatable bonds is 5. The summed E-state index contributed by atoms with van der Waals surface area (Å²) in [6.07, 6.45) is 1.64. The maximum Gasteiger partial charge on any atom is 0.387 e. The van der Waals surface area contributed by atoms with E-state index in [1.807, 2.05) is 0 Å². The van der Waals surface area contributed by atoms with Crippen molar-refractivity contribution >= 4 is 11.6 Å². The average Bonchev–Trinajstić information content (AvgIpc) is 2.94. The average molecular weight is 286 g/mol. The van der Waals surface area contributed by atoms with Gasteiger partial charge in [-0.2, -0.15) is 8.78 Å². The molecule has 2 N–H and O–H groups in total. The molecule has 1 atom stereocenters. The largest absolute Gasteiger partial charge is 0.497 e. The smallest absolute Gasteiger partial charge is 0.387 e. The predicted octanol–water partition coefficient (Wildman–Crippen LogP) is 1.99. The van der Waals surface area contributed by atoms with Crippen LogP contribution in [0.15, 0.2) is 18.2 Å². The van der Waals surface area contributed by atoms with Crippen LogP contribution in [-0.2, 0) is 4.79 Å². The second kappa shape index (κ2) is 6.51. The molecule has 110 valence electrons. The first-order valence-electron chi connectivity index (χ1n) is 6.27. The summed E-state index contributed by atoms with van der Waals surface area (Å²) in [5.74, 6) is 0.0864. The molecule has 1 aliphatic heterocycles. The molecule has 1 aromatic carbocycles. The molecule has 0 saturated carbocycles. The van der Waals surface area contributed by atoms with Crippen LogP contribution < -0.4 is 20.1 Å². The van der Waals surface area contributed by atoms with Crippen molar-refractivity contribution in [3.8, 4) is 11.5 Å². The van der Waals surface area contributed by atoms with Gasteiger partial charge in [-0.1, -0.05) is 0 Å². The first-order chi connectivity index (χ1) is 9.60. The topological polar surface area (TPSA) is 59.6 Å². The van der Waals surface area contributed by atoms with E-state index in [0.717, 1.165) is 19.4 Å². The molecular formula is C13H16F2N2O3. The zero-order chi connectivity index (χ0) is 14.5. The van der Waals surface area contributed by atoms with E-state index in [1.165, 1.54) is 25.3 Å². The van der Waals surface area contributed by atoms with Crippen molar-refractivity contribution in [1.82, 2.24) is 5.32 Å². The van der Waals surface area contributed by atoms with Crippen LogP contribution in [0.5, 0.6) is 11.5 Å². The fourth-order valence-electron chi connectivity index (χ4n) is 2.06. The maximum atomic E-state index is 12.3. The number of amides is 1. The van der Waals surface area contributed by atoms with Crippen molar-refractivity contribution in [2.24, 2.45) is 0 Å². The molecule has 1 amide bonds. The van der Waals surface area contributed by atoms with E-state index in [2.05, 4.69) is 15.4 Å². The molecule has 0 bridgehead atoms. The number of hydrogen-bond acceptors (Lipinski definition) is 4. The molecule has 0 aromatic heterocycles. The fourth-order valence-corrected chi connectivity index (χ4v) is 2.06. The zero-order valence-electron chi connectivity index (χ0n) is 11.0. The van der Waals surface area contributed by atoms with Crippen LogP contribution in [0, 0.1) is 0 Å². The van der Waals surface area contributed by atoms with Gasteiger partial charge in [0, 0.05) is 6.07 Å². The van der Waals surface area contributed by atoms with Crippen LogP contribution in [0.2, 0.25) is 0 Å². The summed E-state index contributed by atoms with van der Waals surface area (Å²) in [6.45, 7) is -2.18. The van der Waals surface area contributed by atoms with Gasteiger partial charge < -0.3 is 20.1 Å². The number of anilines is 1. The lowest BCUT2D eigenvalue weighted by atomic mass is 10.2. The summed E-state index contributed by atoms with van der Waals surface area (Å²) in [5, 5.41) is 5.63. The third kappa shape index (κ3) is 3.57. The number of hydrogen-bond donors (Lipinski definition) is 2. The minimum absolute atomic E-state index is 0.0906. The molecule has 5 nitrogen and oxygen atoms in total. The van der Waals surface area contributed by atoms with Gasteiger partial charge in [0.15, 0.2) is 0 Å². The lowest BCUT2D eigenvalue weighted by Gasteiger charge is -2.15. The van der Waals surface area contributed by atoms with Crippen molar-refractivity contribution in [2.45, 2.75) is 25.5 Å². The van der Waals surface area contributed by atoms with Crippen molar-refractivity contribution < 1.29 is 23.0 Å². The van der Waals surface area contributed by atoms with Crippen LogP contribution in [0.25, 0.3) is 0 Å². The Morgan fingerprint density at radius 1 is 1.50 bits per heavy atom. The van der Waals surface area contributed by atoms with Gasteiger partial charge in [0.05, 0.1) is 18.8 Å². The van der Waals surface area contributed by atoms with Crippen LogP contribution in [0.3, 0.4) is 0 Å². The number of methoxy groups -OCH3 is 1. The van der Waals surface area contributed by atoms with Crippen LogP contribution >= 0.6 is 0 Å². The van der Waals surface area contributed by atoms with E-state index in [1.54, 1.807) is 0 Å². The highest BCUT2D eigenvalue weighted by Gasteiger charge is 2.23. The quantitative estimate of drug-likeness (QED) is 0.869. The second-order valence-electron chi connectivity index (χ2n) is 4.38. The highest BCUT2D eigenvalue weighted by Crippen LogP contribution is 2.30. The summed E-state index contributed by atoms with van der Waals surface area (Å²) in [7, 11) is 1.45. The molecule has 0 aliphatic carbocycles. The van der Waals surface area contributed by atoms with E-state index >= 15 is 0 Å². The van der Waals surface area contributed by atoms with Crippen molar-refractivity contribution in [3.63, 3.8) is 0 Å². The van der Waals surface area contributed by atoms with Crippen molar-refractivity contribution in [1.29, 1.82) is 0 Å². The maximum absolute atomic E-state index is 12.3. The first kappa shape index (κ1) is 14.5. The van der Waals surface area contributed by atoms with E-state index in [0.29, 0.717) is 5.75 Å². The summed E-state index contributed by atoms with van der Waals surface area (Å²) in [4.78, 5) is 12.0. The molecule has 2 rings (SSSR count). The fraction of sp³-hybridized carbons (Fsp3) is 0.462. The Morgan fingerprint density at radius 3 is 2.90 bits per heavy atom. The highest BCUT2D eigenvalue weighted by atomic mass is 19.3. The van der Waals surface area contributed by atoms with Crippen molar-refractivity contribution in [3.05, 3.63) is 18.2 Å². The number of ether oxygens (including phenoxy) is 2. The number of alkyl halides is 2. The summed E-state index contributed by atoms with van der Waals surface area (Å²) in [5.41, 5.74) is 0.170. The Kier molecular flexibility index (Phi) is 4.73. The van der Waals surface area contributed by atoms with E-state index in [-0.39, 0.29) is 23.4 Å². The standard InChI is InChI=1S/C13H16F2N2O3/c1-19-8-4-5-11(20-13(14)15)10(7-8)17-12(18)9-3-2-6-16-9/h4-5,7,9,13,16H,2-3,6H2,1H3,(H,17,18)/t9-/m1/s1. The Bertz CT molecular complexity index is 477. The van der Waals surface area contributed by atoms with Gasteiger partial charge in [-0.25, -0.2) is 0 Å². The molecule has 1 heterocycles. The molecule has 1 aromatic rings. The number of carbonyl (C=O) groups excluding carboxylic acids is 1. The van der Waals surface area contributed by atoms with Gasteiger partial charge in [-0.15, -0.1) is 0 Å². The molecule has 1 saturated heterocycles. The van der Waals surface area contributed by atoms with E-state index in [9.17, 15) is 13.6 Å². The van der Waals surface area contributed by atoms with Gasteiger partial charge >= 0.3 is 6.61 Å². The molecule has 1 fully saturated rings. The van der Waals surface area contributed by atoms with Crippen LogP contribution in [0.4, 0.5) is 14.5 Å². The molecule has 20 heavy (non-hydrogen) atoms. The van der Waals surface area contributed by atoms with E-state index in [4.69, 9.17) is 4.74 Å². The van der Waals surface area contributed by atoms with Crippen molar-refractivity contribution in [2.75, 3.05) is 19.0 Å². The van der Waals surface area contributed by atoms with Gasteiger partial charge in [0.1, 0.15) is 11.5 Å². The second-order valence-corrected chi connectivity index (χ2v) is 4.38. The van der Waals surface area contributed by atoms with Crippen LogP contribution in [-0.4, -0.2) is 32.2 Å². The Balaban J connectivity index is 2.16. The monoisotopic (exact) mass is 286 g/mol. The molecular weight excluding hydrogens is 270 g/mol. The molecule has 0 radical (unpaired) electrons. The molecule has 1 aliphatic rings. The minimum Gasteiger partial charge on any atom is -0.497 e. The van der Waals surface area contributed by atoms with Gasteiger partial charge in [0.2, 0.25) is 5.91 Å². The Hall–Kier alpha value is -1.89. The molecule has 7 heteroatoms. The van der Waals surface area contributed by atoms with Crippen LogP contribution in [0.1, 0.15) is 12.8 Å². The Labute approximate surface area is 115 Å². The highest BCUT2D eigenvalue weighted by molar-refractivity contribution is 5.96. The first-order valence-corrected chi connectivity index (χ1v) is 6.27. The van der Waals surface area contributed by atoms with Gasteiger partial charge in [0.25, 0.3) is 0 Å². The SMILES string of the molecule is COc1ccc(OC(F)F)c(NC(=O)[C@H]2CCCN2)c1. The number of halogens is 2.